The quantitative estimate of drug-likeness (QED) is 0.559. The molecule has 2 heterocycles. The van der Waals surface area contributed by atoms with Crippen molar-refractivity contribution in [1.29, 1.82) is 0 Å². The first-order chi connectivity index (χ1) is 15.1. The van der Waals surface area contributed by atoms with Crippen LogP contribution in [0.25, 0.3) is 0 Å². The van der Waals surface area contributed by atoms with E-state index < -0.39 is 0 Å². The topological polar surface area (TPSA) is 52.8 Å². The number of amides is 1. The van der Waals surface area contributed by atoms with E-state index >= 15 is 0 Å². The summed E-state index contributed by atoms with van der Waals surface area (Å²) in [6, 6.07) is 17.9. The Labute approximate surface area is 188 Å². The van der Waals surface area contributed by atoms with Crippen molar-refractivity contribution >= 4 is 17.5 Å². The Morgan fingerprint density at radius 1 is 1.00 bits per heavy atom. The second-order valence-electron chi connectivity index (χ2n) is 7.96. The zero-order valence-corrected chi connectivity index (χ0v) is 18.5. The van der Waals surface area contributed by atoms with E-state index in [1.165, 1.54) is 11.8 Å². The van der Waals surface area contributed by atoms with Gasteiger partial charge in [0.2, 0.25) is 5.89 Å². The standard InChI is InChI=1S/C24H27ClN4O2/c1-27(15-19-6-3-2-4-7-19)24(30)22-18-31-23(26-22)17-29-12-10-28(11-13-29)16-20-8-5-9-21(25)14-20/h2-9,14,18H,10-13,15-17H2,1H3. The minimum Gasteiger partial charge on any atom is -0.447 e. The number of hydrogen-bond acceptors (Lipinski definition) is 5. The van der Waals surface area contributed by atoms with Crippen LogP contribution in [0.15, 0.2) is 65.3 Å². The summed E-state index contributed by atoms with van der Waals surface area (Å²) in [5.74, 6) is 0.449. The molecule has 0 spiro atoms. The molecule has 1 aromatic heterocycles. The van der Waals surface area contributed by atoms with Crippen LogP contribution in [0, 0.1) is 0 Å². The van der Waals surface area contributed by atoms with E-state index in [2.05, 4.69) is 20.9 Å². The summed E-state index contributed by atoms with van der Waals surface area (Å²) in [6.45, 7) is 5.86. The number of carbonyl (C=O) groups excluding carboxylic acids is 1. The molecule has 1 amide bonds. The summed E-state index contributed by atoms with van der Waals surface area (Å²) in [4.78, 5) is 23.5. The molecule has 31 heavy (non-hydrogen) atoms. The van der Waals surface area contributed by atoms with Gasteiger partial charge in [0.25, 0.3) is 5.91 Å². The van der Waals surface area contributed by atoms with Gasteiger partial charge in [-0.15, -0.1) is 0 Å². The number of benzene rings is 2. The van der Waals surface area contributed by atoms with Crippen LogP contribution in [0.4, 0.5) is 0 Å². The maximum Gasteiger partial charge on any atom is 0.275 e. The van der Waals surface area contributed by atoms with Crippen molar-refractivity contribution in [2.24, 2.45) is 0 Å². The molecule has 1 aliphatic rings. The van der Waals surface area contributed by atoms with Gasteiger partial charge in [0, 0.05) is 51.3 Å². The molecule has 7 heteroatoms. The second-order valence-corrected chi connectivity index (χ2v) is 8.39. The first-order valence-corrected chi connectivity index (χ1v) is 10.9. The minimum atomic E-state index is -0.134. The molecular formula is C24H27ClN4O2. The number of halogens is 1. The molecule has 0 aliphatic carbocycles. The first kappa shape index (κ1) is 21.6. The number of rotatable bonds is 7. The number of nitrogens with zero attached hydrogens (tertiary/aromatic N) is 4. The third-order valence-corrected chi connectivity index (χ3v) is 5.73. The van der Waals surface area contributed by atoms with Gasteiger partial charge in [-0.1, -0.05) is 54.1 Å². The molecule has 0 radical (unpaired) electrons. The van der Waals surface area contributed by atoms with Crippen LogP contribution in [-0.4, -0.2) is 58.8 Å². The van der Waals surface area contributed by atoms with E-state index in [1.54, 1.807) is 11.9 Å². The molecule has 1 saturated heterocycles. The summed E-state index contributed by atoms with van der Waals surface area (Å²) < 4.78 is 5.60. The number of hydrogen-bond donors (Lipinski definition) is 0. The van der Waals surface area contributed by atoms with E-state index in [0.29, 0.717) is 24.7 Å². The zero-order valence-electron chi connectivity index (χ0n) is 17.7. The molecule has 2 aromatic carbocycles. The maximum atomic E-state index is 12.7. The van der Waals surface area contributed by atoms with Gasteiger partial charge in [-0.25, -0.2) is 4.98 Å². The van der Waals surface area contributed by atoms with Gasteiger partial charge in [0.05, 0.1) is 6.54 Å². The van der Waals surface area contributed by atoms with Gasteiger partial charge < -0.3 is 9.32 Å². The zero-order chi connectivity index (χ0) is 21.6. The van der Waals surface area contributed by atoms with Crippen molar-refractivity contribution in [3.05, 3.63) is 88.6 Å². The summed E-state index contributed by atoms with van der Waals surface area (Å²) in [6.07, 6.45) is 1.47. The van der Waals surface area contributed by atoms with Crippen molar-refractivity contribution in [1.82, 2.24) is 19.7 Å². The normalized spacial score (nSPS) is 15.2. The minimum absolute atomic E-state index is 0.134. The molecule has 6 nitrogen and oxygen atoms in total. The molecule has 0 unspecified atom stereocenters. The van der Waals surface area contributed by atoms with E-state index in [0.717, 1.165) is 43.3 Å². The van der Waals surface area contributed by atoms with Gasteiger partial charge in [-0.05, 0) is 23.3 Å². The number of carbonyl (C=O) groups is 1. The third kappa shape index (κ3) is 5.94. The number of oxazole rings is 1. The van der Waals surface area contributed by atoms with E-state index in [-0.39, 0.29) is 5.91 Å². The van der Waals surface area contributed by atoms with Crippen molar-refractivity contribution in [3.8, 4) is 0 Å². The highest BCUT2D eigenvalue weighted by molar-refractivity contribution is 6.30. The predicted octanol–water partition coefficient (Wildman–Crippen LogP) is 3.92. The molecule has 0 bridgehead atoms. The molecule has 0 N–H and O–H groups in total. The van der Waals surface area contributed by atoms with E-state index in [4.69, 9.17) is 16.0 Å². The molecule has 162 valence electrons. The number of aromatic nitrogens is 1. The fourth-order valence-electron chi connectivity index (χ4n) is 3.80. The maximum absolute atomic E-state index is 12.7. The summed E-state index contributed by atoms with van der Waals surface area (Å²) in [7, 11) is 1.78. The Kier molecular flexibility index (Phi) is 7.02. The highest BCUT2D eigenvalue weighted by Crippen LogP contribution is 2.15. The van der Waals surface area contributed by atoms with Crippen molar-refractivity contribution < 1.29 is 9.21 Å². The van der Waals surface area contributed by atoms with Crippen molar-refractivity contribution in [3.63, 3.8) is 0 Å². The average Bonchev–Trinajstić information content (AvgIpc) is 3.24. The Bertz CT molecular complexity index is 1000. The summed E-state index contributed by atoms with van der Waals surface area (Å²) >= 11 is 6.09. The Hall–Kier alpha value is -2.67. The van der Waals surface area contributed by atoms with Gasteiger partial charge in [-0.2, -0.15) is 0 Å². The average molecular weight is 439 g/mol. The fourth-order valence-corrected chi connectivity index (χ4v) is 4.01. The monoisotopic (exact) mass is 438 g/mol. The van der Waals surface area contributed by atoms with Crippen LogP contribution >= 0.6 is 11.6 Å². The smallest absolute Gasteiger partial charge is 0.275 e. The summed E-state index contributed by atoms with van der Waals surface area (Å²) in [5, 5.41) is 0.778. The van der Waals surface area contributed by atoms with Crippen LogP contribution in [-0.2, 0) is 19.6 Å². The lowest BCUT2D eigenvalue weighted by atomic mass is 10.2. The SMILES string of the molecule is CN(Cc1ccccc1)C(=O)c1coc(CN2CCN(Cc3cccc(Cl)c3)CC2)n1. The Morgan fingerprint density at radius 3 is 2.39 bits per heavy atom. The molecule has 4 rings (SSSR count). The highest BCUT2D eigenvalue weighted by Gasteiger charge is 2.21. The lowest BCUT2D eigenvalue weighted by molar-refractivity contribution is 0.0779. The fraction of sp³-hybridized carbons (Fsp3) is 0.333. The molecule has 0 atom stereocenters. The summed E-state index contributed by atoms with van der Waals surface area (Å²) in [5.41, 5.74) is 2.67. The molecule has 0 saturated carbocycles. The lowest BCUT2D eigenvalue weighted by Gasteiger charge is -2.34. The first-order valence-electron chi connectivity index (χ1n) is 10.5. The largest absolute Gasteiger partial charge is 0.447 e. The van der Waals surface area contributed by atoms with Crippen LogP contribution in [0.3, 0.4) is 0 Å². The van der Waals surface area contributed by atoms with Gasteiger partial charge in [0.1, 0.15) is 6.26 Å². The second kappa shape index (κ2) is 10.1. The molecule has 3 aromatic rings. The van der Waals surface area contributed by atoms with Crippen LogP contribution in [0.2, 0.25) is 5.02 Å². The lowest BCUT2D eigenvalue weighted by Crippen LogP contribution is -2.45. The van der Waals surface area contributed by atoms with Crippen LogP contribution in [0.5, 0.6) is 0 Å². The Morgan fingerprint density at radius 2 is 1.68 bits per heavy atom. The van der Waals surface area contributed by atoms with Gasteiger partial charge in [-0.3, -0.25) is 14.6 Å². The van der Waals surface area contributed by atoms with Crippen molar-refractivity contribution in [2.75, 3.05) is 33.2 Å². The molecular weight excluding hydrogens is 412 g/mol. The van der Waals surface area contributed by atoms with Gasteiger partial charge in [0.15, 0.2) is 5.69 Å². The number of piperazine rings is 1. The van der Waals surface area contributed by atoms with E-state index in [9.17, 15) is 4.79 Å². The van der Waals surface area contributed by atoms with E-state index in [1.807, 2.05) is 48.5 Å². The highest BCUT2D eigenvalue weighted by atomic mass is 35.5. The van der Waals surface area contributed by atoms with Crippen molar-refractivity contribution in [2.45, 2.75) is 19.6 Å². The van der Waals surface area contributed by atoms with Crippen LogP contribution in [0.1, 0.15) is 27.5 Å². The third-order valence-electron chi connectivity index (χ3n) is 5.50. The predicted molar refractivity (Wildman–Crippen MR) is 121 cm³/mol. The van der Waals surface area contributed by atoms with Gasteiger partial charge >= 0.3 is 0 Å². The molecule has 1 aliphatic heterocycles. The molecule has 1 fully saturated rings. The Balaban J connectivity index is 1.26. The van der Waals surface area contributed by atoms with Crippen LogP contribution < -0.4 is 0 Å².